The van der Waals surface area contributed by atoms with Gasteiger partial charge in [-0.3, -0.25) is 0 Å². The van der Waals surface area contributed by atoms with E-state index in [4.69, 9.17) is 10.4 Å². The molecular formula is C12H10F3NO3. The Balaban J connectivity index is 3.50. The first-order valence-electron chi connectivity index (χ1n) is 5.27. The van der Waals surface area contributed by atoms with E-state index < -0.39 is 29.9 Å². The van der Waals surface area contributed by atoms with Gasteiger partial charge in [-0.15, -0.1) is 0 Å². The van der Waals surface area contributed by atoms with Gasteiger partial charge >= 0.3 is 12.1 Å². The van der Waals surface area contributed by atoms with Crippen LogP contribution in [0.25, 0.3) is 0 Å². The van der Waals surface area contributed by atoms with Crippen LogP contribution in [0.3, 0.4) is 0 Å². The molecule has 1 rings (SSSR count). The zero-order chi connectivity index (χ0) is 14.6. The molecule has 19 heavy (non-hydrogen) atoms. The monoisotopic (exact) mass is 273 g/mol. The first-order chi connectivity index (χ1) is 8.85. The molecule has 0 aliphatic heterocycles. The van der Waals surface area contributed by atoms with E-state index in [-0.39, 0.29) is 17.7 Å². The van der Waals surface area contributed by atoms with Crippen molar-refractivity contribution < 1.29 is 27.8 Å². The fourth-order valence-corrected chi connectivity index (χ4v) is 1.49. The van der Waals surface area contributed by atoms with Crippen LogP contribution in [0.2, 0.25) is 0 Å². The van der Waals surface area contributed by atoms with Crippen LogP contribution in [-0.4, -0.2) is 17.7 Å². The molecule has 0 aliphatic rings. The Hall–Kier alpha value is -2.07. The van der Waals surface area contributed by atoms with Crippen molar-refractivity contribution in [3.8, 4) is 6.07 Å². The first-order valence-corrected chi connectivity index (χ1v) is 5.27. The summed E-state index contributed by atoms with van der Waals surface area (Å²) in [6, 6.07) is 2.80. The van der Waals surface area contributed by atoms with E-state index in [9.17, 15) is 18.0 Å². The fraction of sp³-hybridized carbons (Fsp3) is 0.333. The summed E-state index contributed by atoms with van der Waals surface area (Å²) in [5, 5.41) is 17.9. The maximum absolute atomic E-state index is 12.7. The van der Waals surface area contributed by atoms with E-state index >= 15 is 0 Å². The number of esters is 1. The van der Waals surface area contributed by atoms with Gasteiger partial charge in [0, 0.05) is 0 Å². The highest BCUT2D eigenvalue weighted by molar-refractivity contribution is 5.93. The molecule has 0 bridgehead atoms. The molecule has 0 amide bonds. The number of nitrogens with zero attached hydrogens (tertiary/aromatic N) is 1. The molecular weight excluding hydrogens is 263 g/mol. The van der Waals surface area contributed by atoms with Crippen molar-refractivity contribution in [2.75, 3.05) is 6.61 Å². The van der Waals surface area contributed by atoms with Crippen LogP contribution in [0.4, 0.5) is 13.2 Å². The van der Waals surface area contributed by atoms with Gasteiger partial charge in [0.2, 0.25) is 0 Å². The third-order valence-electron chi connectivity index (χ3n) is 2.32. The van der Waals surface area contributed by atoms with Gasteiger partial charge in [-0.1, -0.05) is 0 Å². The maximum Gasteiger partial charge on any atom is 0.416 e. The van der Waals surface area contributed by atoms with E-state index in [0.717, 1.165) is 0 Å². The lowest BCUT2D eigenvalue weighted by Gasteiger charge is -2.13. The van der Waals surface area contributed by atoms with Gasteiger partial charge in [-0.05, 0) is 24.6 Å². The van der Waals surface area contributed by atoms with Crippen molar-refractivity contribution in [3.63, 3.8) is 0 Å². The second-order valence-corrected chi connectivity index (χ2v) is 3.55. The molecule has 0 aliphatic carbocycles. The molecule has 7 heteroatoms. The van der Waals surface area contributed by atoms with E-state index in [1.54, 1.807) is 6.07 Å². The van der Waals surface area contributed by atoms with Gasteiger partial charge in [0.05, 0.1) is 29.9 Å². The first kappa shape index (κ1) is 15.0. The Morgan fingerprint density at radius 2 is 2.11 bits per heavy atom. The fourth-order valence-electron chi connectivity index (χ4n) is 1.49. The van der Waals surface area contributed by atoms with Gasteiger partial charge < -0.3 is 9.84 Å². The molecule has 0 spiro atoms. The van der Waals surface area contributed by atoms with E-state index in [0.29, 0.717) is 12.1 Å². The average Bonchev–Trinajstić information content (AvgIpc) is 2.36. The Morgan fingerprint density at radius 3 is 2.53 bits per heavy atom. The zero-order valence-corrected chi connectivity index (χ0v) is 9.91. The quantitative estimate of drug-likeness (QED) is 0.857. The SMILES string of the molecule is CCOC(=O)c1cc(C(F)(F)F)cc(CO)c1C#N. The number of carbonyl (C=O) groups is 1. The number of hydrogen-bond donors (Lipinski definition) is 1. The molecule has 0 atom stereocenters. The summed E-state index contributed by atoms with van der Waals surface area (Å²) in [7, 11) is 0. The lowest BCUT2D eigenvalue weighted by Crippen LogP contribution is -2.13. The minimum absolute atomic E-state index is 0.0333. The molecule has 102 valence electrons. The van der Waals surface area contributed by atoms with E-state index in [1.807, 2.05) is 0 Å². The molecule has 0 radical (unpaired) electrons. The summed E-state index contributed by atoms with van der Waals surface area (Å²) >= 11 is 0. The van der Waals surface area contributed by atoms with Gasteiger partial charge in [-0.25, -0.2) is 4.79 Å². The number of alkyl halides is 3. The number of rotatable bonds is 3. The minimum Gasteiger partial charge on any atom is -0.462 e. The Morgan fingerprint density at radius 1 is 1.47 bits per heavy atom. The third kappa shape index (κ3) is 3.23. The molecule has 0 fully saturated rings. The highest BCUT2D eigenvalue weighted by Gasteiger charge is 2.33. The van der Waals surface area contributed by atoms with Gasteiger partial charge in [0.15, 0.2) is 0 Å². The summed E-state index contributed by atoms with van der Waals surface area (Å²) in [5.41, 5.74) is -2.18. The summed E-state index contributed by atoms with van der Waals surface area (Å²) in [4.78, 5) is 11.5. The number of aliphatic hydroxyl groups excluding tert-OH is 1. The third-order valence-corrected chi connectivity index (χ3v) is 2.32. The van der Waals surface area contributed by atoms with Gasteiger partial charge in [0.25, 0.3) is 0 Å². The zero-order valence-electron chi connectivity index (χ0n) is 9.91. The highest BCUT2D eigenvalue weighted by Crippen LogP contribution is 2.32. The number of benzene rings is 1. The summed E-state index contributed by atoms with van der Waals surface area (Å²) in [6.07, 6.45) is -4.68. The Kier molecular flexibility index (Phi) is 4.51. The summed E-state index contributed by atoms with van der Waals surface area (Å²) in [5.74, 6) is -1.03. The molecule has 0 saturated heterocycles. The van der Waals surface area contributed by atoms with E-state index in [1.165, 1.54) is 6.92 Å². The Bertz CT molecular complexity index is 532. The molecule has 4 nitrogen and oxygen atoms in total. The predicted octanol–water partition coefficient (Wildman–Crippen LogP) is 2.25. The second kappa shape index (κ2) is 5.71. The predicted molar refractivity (Wildman–Crippen MR) is 58.0 cm³/mol. The molecule has 0 unspecified atom stereocenters. The molecule has 0 aromatic heterocycles. The molecule has 1 N–H and O–H groups in total. The second-order valence-electron chi connectivity index (χ2n) is 3.55. The van der Waals surface area contributed by atoms with Gasteiger partial charge in [-0.2, -0.15) is 18.4 Å². The Labute approximate surface area is 107 Å². The van der Waals surface area contributed by atoms with Crippen LogP contribution in [-0.2, 0) is 17.5 Å². The van der Waals surface area contributed by atoms with Crippen molar-refractivity contribution in [1.82, 2.24) is 0 Å². The van der Waals surface area contributed by atoms with Crippen LogP contribution in [0.1, 0.15) is 34.0 Å². The highest BCUT2D eigenvalue weighted by atomic mass is 19.4. The van der Waals surface area contributed by atoms with Gasteiger partial charge in [0.1, 0.15) is 6.07 Å². The summed E-state index contributed by atoms with van der Waals surface area (Å²) < 4.78 is 42.6. The molecule has 1 aromatic rings. The van der Waals surface area contributed by atoms with Crippen molar-refractivity contribution in [2.24, 2.45) is 0 Å². The van der Waals surface area contributed by atoms with Crippen LogP contribution in [0.5, 0.6) is 0 Å². The van der Waals surface area contributed by atoms with Crippen LogP contribution < -0.4 is 0 Å². The molecule has 1 aromatic carbocycles. The van der Waals surface area contributed by atoms with Crippen molar-refractivity contribution in [3.05, 3.63) is 34.4 Å². The number of ether oxygens (including phenoxy) is 1. The molecule has 0 heterocycles. The average molecular weight is 273 g/mol. The normalized spacial score (nSPS) is 10.9. The van der Waals surface area contributed by atoms with Crippen LogP contribution in [0.15, 0.2) is 12.1 Å². The lowest BCUT2D eigenvalue weighted by molar-refractivity contribution is -0.137. The van der Waals surface area contributed by atoms with E-state index in [2.05, 4.69) is 4.74 Å². The smallest absolute Gasteiger partial charge is 0.416 e. The number of halogens is 3. The maximum atomic E-state index is 12.7. The number of nitriles is 1. The number of hydrogen-bond acceptors (Lipinski definition) is 4. The van der Waals surface area contributed by atoms with Crippen molar-refractivity contribution in [1.29, 1.82) is 5.26 Å². The number of carbonyl (C=O) groups excluding carboxylic acids is 1. The summed E-state index contributed by atoms with van der Waals surface area (Å²) in [6.45, 7) is 0.679. The minimum atomic E-state index is -4.68. The lowest BCUT2D eigenvalue weighted by atomic mass is 9.98. The molecule has 0 saturated carbocycles. The van der Waals surface area contributed by atoms with Crippen LogP contribution >= 0.6 is 0 Å². The van der Waals surface area contributed by atoms with Crippen molar-refractivity contribution >= 4 is 5.97 Å². The van der Waals surface area contributed by atoms with Crippen molar-refractivity contribution in [2.45, 2.75) is 19.7 Å². The topological polar surface area (TPSA) is 70.3 Å². The largest absolute Gasteiger partial charge is 0.462 e. The number of aliphatic hydroxyl groups is 1. The van der Waals surface area contributed by atoms with Crippen LogP contribution in [0, 0.1) is 11.3 Å². The standard InChI is InChI=1S/C12H10F3NO3/c1-2-19-11(18)9-4-8(12(13,14)15)3-7(6-17)10(9)5-16/h3-4,17H,2,6H2,1H3.